The summed E-state index contributed by atoms with van der Waals surface area (Å²) in [4.78, 5) is 15.4. The highest BCUT2D eigenvalue weighted by atomic mass is 35.5. The first kappa shape index (κ1) is 24.6. The van der Waals surface area contributed by atoms with Crippen LogP contribution < -0.4 is 9.62 Å². The van der Waals surface area contributed by atoms with Gasteiger partial charge in [0.1, 0.15) is 6.04 Å². The number of hydrogen-bond donors (Lipinski definition) is 1. The molecule has 2 aromatic carbocycles. The van der Waals surface area contributed by atoms with Crippen molar-refractivity contribution in [2.45, 2.75) is 52.2 Å². The minimum Gasteiger partial charge on any atom is -0.350 e. The van der Waals surface area contributed by atoms with Gasteiger partial charge in [-0.3, -0.25) is 14.0 Å². The maximum atomic E-state index is 13.0. The summed E-state index contributed by atoms with van der Waals surface area (Å²) in [5, 5.41) is 3.38. The van der Waals surface area contributed by atoms with Gasteiger partial charge >= 0.3 is 0 Å². The predicted octanol–water partition coefficient (Wildman–Crippen LogP) is 4.11. The molecule has 1 aliphatic rings. The average molecular weight is 478 g/mol. The summed E-state index contributed by atoms with van der Waals surface area (Å²) in [6, 6.07) is 12.2. The van der Waals surface area contributed by atoms with Gasteiger partial charge in [0.2, 0.25) is 15.9 Å². The van der Waals surface area contributed by atoms with Gasteiger partial charge in [0.15, 0.2) is 0 Å². The van der Waals surface area contributed by atoms with Crippen molar-refractivity contribution in [3.63, 3.8) is 0 Å². The number of hydrogen-bond acceptors (Lipinski definition) is 4. The average Bonchev–Trinajstić information content (AvgIpc) is 2.75. The molecule has 6 nitrogen and oxygen atoms in total. The Hall–Kier alpha value is -2.09. The van der Waals surface area contributed by atoms with Crippen molar-refractivity contribution in [3.05, 3.63) is 64.2 Å². The van der Waals surface area contributed by atoms with Crippen LogP contribution in [0.15, 0.2) is 42.5 Å². The largest absolute Gasteiger partial charge is 0.350 e. The van der Waals surface area contributed by atoms with Gasteiger partial charge in [-0.1, -0.05) is 48.4 Å². The molecule has 2 aromatic rings. The number of sulfonamides is 1. The molecule has 1 heterocycles. The molecule has 1 N–H and O–H groups in total. The predicted molar refractivity (Wildman–Crippen MR) is 130 cm³/mol. The normalized spacial score (nSPS) is 15.9. The zero-order valence-electron chi connectivity index (χ0n) is 19.0. The number of nitrogens with zero attached hydrogens (tertiary/aromatic N) is 2. The molecule has 0 aromatic heterocycles. The van der Waals surface area contributed by atoms with Crippen molar-refractivity contribution < 1.29 is 13.2 Å². The first-order valence-electron chi connectivity index (χ1n) is 11.0. The Morgan fingerprint density at radius 3 is 2.41 bits per heavy atom. The van der Waals surface area contributed by atoms with E-state index in [9.17, 15) is 13.2 Å². The van der Waals surface area contributed by atoms with Crippen molar-refractivity contribution in [3.8, 4) is 0 Å². The molecule has 1 atom stereocenters. The maximum absolute atomic E-state index is 13.0. The molecule has 1 aliphatic heterocycles. The lowest BCUT2D eigenvalue weighted by atomic mass is 10.0. The Morgan fingerprint density at radius 2 is 1.78 bits per heavy atom. The van der Waals surface area contributed by atoms with Gasteiger partial charge in [-0.15, -0.1) is 0 Å². The van der Waals surface area contributed by atoms with Gasteiger partial charge in [-0.2, -0.15) is 0 Å². The number of anilines is 1. The molecule has 1 fully saturated rings. The molecule has 0 saturated carbocycles. The highest BCUT2D eigenvalue weighted by molar-refractivity contribution is 7.92. The number of amides is 1. The highest BCUT2D eigenvalue weighted by Crippen LogP contribution is 2.27. The van der Waals surface area contributed by atoms with Gasteiger partial charge in [-0.25, -0.2) is 8.42 Å². The third kappa shape index (κ3) is 6.24. The van der Waals surface area contributed by atoms with Gasteiger partial charge < -0.3 is 5.32 Å². The van der Waals surface area contributed by atoms with Crippen LogP contribution in [0.2, 0.25) is 5.02 Å². The number of benzene rings is 2. The summed E-state index contributed by atoms with van der Waals surface area (Å²) in [6.07, 6.45) is 4.83. The van der Waals surface area contributed by atoms with E-state index in [4.69, 9.17) is 11.6 Å². The summed E-state index contributed by atoms with van der Waals surface area (Å²) >= 11 is 6.20. The van der Waals surface area contributed by atoms with Gasteiger partial charge in [0.05, 0.1) is 11.9 Å². The van der Waals surface area contributed by atoms with Crippen molar-refractivity contribution in [1.29, 1.82) is 0 Å². The van der Waals surface area contributed by atoms with Gasteiger partial charge in [-0.05, 0) is 68.6 Å². The number of likely N-dealkylation sites (tertiary alicyclic amines) is 1. The van der Waals surface area contributed by atoms with Crippen LogP contribution >= 0.6 is 11.6 Å². The Labute approximate surface area is 196 Å². The molecule has 0 radical (unpaired) electrons. The zero-order valence-corrected chi connectivity index (χ0v) is 20.5. The van der Waals surface area contributed by atoms with Crippen LogP contribution in [0.1, 0.15) is 42.9 Å². The highest BCUT2D eigenvalue weighted by Gasteiger charge is 2.29. The molecule has 3 rings (SSSR count). The minimum absolute atomic E-state index is 0.347. The second-order valence-corrected chi connectivity index (χ2v) is 10.8. The van der Waals surface area contributed by atoms with Crippen LogP contribution in [0.4, 0.5) is 5.69 Å². The fourth-order valence-electron chi connectivity index (χ4n) is 4.10. The summed E-state index contributed by atoms with van der Waals surface area (Å²) in [6.45, 7) is 6.83. The topological polar surface area (TPSA) is 69.7 Å². The molecule has 0 aliphatic carbocycles. The Kier molecular flexibility index (Phi) is 8.20. The van der Waals surface area contributed by atoms with E-state index in [-0.39, 0.29) is 5.91 Å². The maximum Gasteiger partial charge on any atom is 0.243 e. The van der Waals surface area contributed by atoms with E-state index < -0.39 is 16.1 Å². The number of piperidine rings is 1. The van der Waals surface area contributed by atoms with E-state index in [2.05, 4.69) is 16.3 Å². The van der Waals surface area contributed by atoms with E-state index in [1.54, 1.807) is 25.1 Å². The molecule has 1 amide bonds. The van der Waals surface area contributed by atoms with Crippen LogP contribution in [-0.4, -0.2) is 44.6 Å². The molecule has 8 heteroatoms. The second-order valence-electron chi connectivity index (χ2n) is 8.49. The second kappa shape index (κ2) is 10.7. The van der Waals surface area contributed by atoms with Crippen LogP contribution in [0, 0.1) is 6.92 Å². The third-order valence-electron chi connectivity index (χ3n) is 5.91. The van der Waals surface area contributed by atoms with E-state index in [0.29, 0.717) is 17.3 Å². The van der Waals surface area contributed by atoms with Crippen molar-refractivity contribution in [2.24, 2.45) is 0 Å². The lowest BCUT2D eigenvalue weighted by Crippen LogP contribution is -2.47. The van der Waals surface area contributed by atoms with Gasteiger partial charge in [0.25, 0.3) is 0 Å². The summed E-state index contributed by atoms with van der Waals surface area (Å²) in [5.74, 6) is -0.361. The third-order valence-corrected chi connectivity index (χ3v) is 7.56. The number of nitrogens with one attached hydrogen (secondary N) is 1. The summed E-state index contributed by atoms with van der Waals surface area (Å²) in [5.41, 5.74) is 3.44. The molecule has 0 spiro atoms. The lowest BCUT2D eigenvalue weighted by molar-refractivity contribution is -0.122. The number of carbonyl (C=O) groups excluding carboxylic acids is 1. The fraction of sp³-hybridized carbons (Fsp3) is 0.458. The quantitative estimate of drug-likeness (QED) is 0.621. The smallest absolute Gasteiger partial charge is 0.243 e. The Bertz CT molecular complexity index is 1050. The lowest BCUT2D eigenvalue weighted by Gasteiger charge is -2.29. The van der Waals surface area contributed by atoms with E-state index in [0.717, 1.165) is 41.3 Å². The molecular weight excluding hydrogens is 446 g/mol. The number of halogens is 1. The number of rotatable bonds is 8. The standard InChI is InChI=1S/C24H32ClN3O3S/c1-18-11-12-22(15-23(18)25)28(32(3,30)31)19(2)24(29)26-16-20-9-5-6-10-21(20)17-27-13-7-4-8-14-27/h5-6,9-12,15,19H,4,7-8,13-14,16-17H2,1-3H3,(H,26,29)/t19-/m0/s1. The molecule has 32 heavy (non-hydrogen) atoms. The monoisotopic (exact) mass is 477 g/mol. The van der Waals surface area contributed by atoms with E-state index in [1.807, 2.05) is 25.1 Å². The molecule has 0 bridgehead atoms. The van der Waals surface area contributed by atoms with Crippen molar-refractivity contribution in [1.82, 2.24) is 10.2 Å². The fourth-order valence-corrected chi connectivity index (χ4v) is 5.44. The number of aryl methyl sites for hydroxylation is 1. The van der Waals surface area contributed by atoms with Crippen LogP contribution in [-0.2, 0) is 27.9 Å². The van der Waals surface area contributed by atoms with E-state index >= 15 is 0 Å². The summed E-state index contributed by atoms with van der Waals surface area (Å²) in [7, 11) is -3.69. The molecule has 0 unspecified atom stereocenters. The first-order chi connectivity index (χ1) is 15.2. The van der Waals surface area contributed by atoms with Crippen LogP contribution in [0.3, 0.4) is 0 Å². The SMILES string of the molecule is Cc1ccc(N([C@@H](C)C(=O)NCc2ccccc2CN2CCCCC2)S(C)(=O)=O)cc1Cl. The minimum atomic E-state index is -3.69. The molecular formula is C24H32ClN3O3S. The Balaban J connectivity index is 1.72. The van der Waals surface area contributed by atoms with Crippen LogP contribution in [0.5, 0.6) is 0 Å². The molecule has 1 saturated heterocycles. The zero-order chi connectivity index (χ0) is 23.3. The molecule has 174 valence electrons. The first-order valence-corrected chi connectivity index (χ1v) is 13.2. The van der Waals surface area contributed by atoms with Crippen molar-refractivity contribution >= 4 is 33.2 Å². The Morgan fingerprint density at radius 1 is 1.12 bits per heavy atom. The van der Waals surface area contributed by atoms with Crippen molar-refractivity contribution in [2.75, 3.05) is 23.7 Å². The van der Waals surface area contributed by atoms with Gasteiger partial charge in [0, 0.05) is 18.1 Å². The summed E-state index contributed by atoms with van der Waals surface area (Å²) < 4.78 is 26.2. The number of carbonyl (C=O) groups is 1. The van der Waals surface area contributed by atoms with Crippen LogP contribution in [0.25, 0.3) is 0 Å². The van der Waals surface area contributed by atoms with E-state index in [1.165, 1.54) is 24.8 Å².